The van der Waals surface area contributed by atoms with E-state index in [9.17, 15) is 4.79 Å². The molecule has 0 saturated heterocycles. The molecule has 1 heterocycles. The van der Waals surface area contributed by atoms with Gasteiger partial charge in [-0.1, -0.05) is 18.5 Å². The van der Waals surface area contributed by atoms with Crippen molar-refractivity contribution in [3.8, 4) is 0 Å². The monoisotopic (exact) mass is 254 g/mol. The lowest BCUT2D eigenvalue weighted by Crippen LogP contribution is -2.22. The number of carboxylic acids is 1. The predicted octanol–water partition coefficient (Wildman–Crippen LogP) is 2.53. The largest absolute Gasteiger partial charge is 0.478 e. The van der Waals surface area contributed by atoms with Crippen molar-refractivity contribution in [1.29, 1.82) is 0 Å². The first kappa shape index (κ1) is 12.2. The van der Waals surface area contributed by atoms with E-state index < -0.39 is 5.97 Å². The molecule has 2 rings (SSSR count). The first-order chi connectivity index (χ1) is 7.97. The molecule has 5 heteroatoms. The van der Waals surface area contributed by atoms with Gasteiger partial charge in [-0.15, -0.1) is 0 Å². The Kier molecular flexibility index (Phi) is 3.24. The molecule has 0 radical (unpaired) electrons. The molecule has 4 nitrogen and oxygen atoms in total. The van der Waals surface area contributed by atoms with E-state index in [4.69, 9.17) is 16.7 Å². The highest BCUT2D eigenvalue weighted by Crippen LogP contribution is 2.38. The molecule has 1 aromatic heterocycles. The van der Waals surface area contributed by atoms with Crippen molar-refractivity contribution in [2.24, 2.45) is 11.8 Å². The van der Waals surface area contributed by atoms with Crippen LogP contribution in [0.1, 0.15) is 23.7 Å². The van der Waals surface area contributed by atoms with Crippen LogP contribution in [0.3, 0.4) is 0 Å². The van der Waals surface area contributed by atoms with Crippen molar-refractivity contribution in [3.63, 3.8) is 0 Å². The zero-order chi connectivity index (χ0) is 12.6. The maximum Gasteiger partial charge on any atom is 0.335 e. The maximum absolute atomic E-state index is 10.9. The molecule has 0 aliphatic heterocycles. The SMILES string of the molecule is C[C@@H]1C[C@@H]1CN(C)c1cc(C(=O)O)cc(Cl)n1. The molecule has 92 valence electrons. The molecule has 17 heavy (non-hydrogen) atoms. The van der Waals surface area contributed by atoms with Gasteiger partial charge in [0.15, 0.2) is 0 Å². The second-order valence-corrected chi connectivity index (χ2v) is 5.08. The minimum absolute atomic E-state index is 0.177. The number of rotatable bonds is 4. The number of hydrogen-bond acceptors (Lipinski definition) is 3. The van der Waals surface area contributed by atoms with Crippen LogP contribution in [-0.4, -0.2) is 29.7 Å². The summed E-state index contributed by atoms with van der Waals surface area (Å²) in [5.41, 5.74) is 0.177. The smallest absolute Gasteiger partial charge is 0.335 e. The van der Waals surface area contributed by atoms with E-state index in [0.29, 0.717) is 11.7 Å². The molecule has 1 fully saturated rings. The lowest BCUT2D eigenvalue weighted by atomic mass is 10.2. The van der Waals surface area contributed by atoms with Crippen LogP contribution in [0.15, 0.2) is 12.1 Å². The van der Waals surface area contributed by atoms with Gasteiger partial charge in [-0.3, -0.25) is 0 Å². The summed E-state index contributed by atoms with van der Waals surface area (Å²) in [7, 11) is 1.91. The van der Waals surface area contributed by atoms with Gasteiger partial charge >= 0.3 is 5.97 Å². The van der Waals surface area contributed by atoms with E-state index in [-0.39, 0.29) is 10.7 Å². The molecule has 0 spiro atoms. The number of aromatic nitrogens is 1. The standard InChI is InChI=1S/C12H15ClN2O2/c1-7-3-9(7)6-15(2)11-5-8(12(16)17)4-10(13)14-11/h4-5,7,9H,3,6H2,1-2H3,(H,16,17)/t7-,9-/m1/s1. The Bertz CT molecular complexity index is 450. The highest BCUT2D eigenvalue weighted by atomic mass is 35.5. The molecular formula is C12H15ClN2O2. The topological polar surface area (TPSA) is 53.4 Å². The number of nitrogens with zero attached hydrogens (tertiary/aromatic N) is 2. The highest BCUT2D eigenvalue weighted by Gasteiger charge is 2.33. The van der Waals surface area contributed by atoms with Crippen molar-refractivity contribution in [2.45, 2.75) is 13.3 Å². The number of carboxylic acid groups (broad SMARTS) is 1. The van der Waals surface area contributed by atoms with E-state index in [1.54, 1.807) is 6.07 Å². The molecular weight excluding hydrogens is 240 g/mol. The number of aromatic carboxylic acids is 1. The Balaban J connectivity index is 2.16. The minimum atomic E-state index is -0.983. The Morgan fingerprint density at radius 3 is 2.82 bits per heavy atom. The van der Waals surface area contributed by atoms with Crippen LogP contribution >= 0.6 is 11.6 Å². The Morgan fingerprint density at radius 1 is 1.65 bits per heavy atom. The van der Waals surface area contributed by atoms with Gasteiger partial charge in [0.25, 0.3) is 0 Å². The quantitative estimate of drug-likeness (QED) is 0.839. The average molecular weight is 255 g/mol. The molecule has 2 atom stereocenters. The fourth-order valence-electron chi connectivity index (χ4n) is 1.90. The Labute approximate surface area is 105 Å². The van der Waals surface area contributed by atoms with Crippen molar-refractivity contribution in [2.75, 3.05) is 18.5 Å². The van der Waals surface area contributed by atoms with E-state index >= 15 is 0 Å². The van der Waals surface area contributed by atoms with Gasteiger partial charge in [-0.25, -0.2) is 9.78 Å². The van der Waals surface area contributed by atoms with E-state index in [0.717, 1.165) is 12.5 Å². The third kappa shape index (κ3) is 2.88. The van der Waals surface area contributed by atoms with E-state index in [1.807, 2.05) is 11.9 Å². The number of carbonyl (C=O) groups is 1. The van der Waals surface area contributed by atoms with Gasteiger partial charge in [0.05, 0.1) is 5.56 Å². The Morgan fingerprint density at radius 2 is 2.29 bits per heavy atom. The van der Waals surface area contributed by atoms with Gasteiger partial charge in [0.2, 0.25) is 0 Å². The Hall–Kier alpha value is -1.29. The molecule has 1 aliphatic carbocycles. The van der Waals surface area contributed by atoms with Gasteiger partial charge < -0.3 is 10.0 Å². The molecule has 1 saturated carbocycles. The fourth-order valence-corrected chi connectivity index (χ4v) is 2.10. The second-order valence-electron chi connectivity index (χ2n) is 4.70. The first-order valence-electron chi connectivity index (χ1n) is 5.59. The lowest BCUT2D eigenvalue weighted by molar-refractivity contribution is 0.0697. The summed E-state index contributed by atoms with van der Waals surface area (Å²) in [4.78, 5) is 17.0. The molecule has 1 aromatic rings. The summed E-state index contributed by atoms with van der Waals surface area (Å²) < 4.78 is 0. The van der Waals surface area contributed by atoms with Crippen molar-refractivity contribution < 1.29 is 9.90 Å². The van der Waals surface area contributed by atoms with Crippen molar-refractivity contribution >= 4 is 23.4 Å². The normalized spacial score (nSPS) is 22.3. The zero-order valence-corrected chi connectivity index (χ0v) is 10.6. The molecule has 0 unspecified atom stereocenters. The third-order valence-corrected chi connectivity index (χ3v) is 3.40. The summed E-state index contributed by atoms with van der Waals surface area (Å²) in [5.74, 6) is 1.09. The summed E-state index contributed by atoms with van der Waals surface area (Å²) in [6.45, 7) is 3.11. The summed E-state index contributed by atoms with van der Waals surface area (Å²) in [5, 5.41) is 9.16. The number of pyridine rings is 1. The van der Waals surface area contributed by atoms with Gasteiger partial charge in [-0.2, -0.15) is 0 Å². The van der Waals surface area contributed by atoms with Crippen LogP contribution in [-0.2, 0) is 0 Å². The van der Waals surface area contributed by atoms with Crippen LogP contribution in [0.4, 0.5) is 5.82 Å². The third-order valence-electron chi connectivity index (χ3n) is 3.20. The van der Waals surface area contributed by atoms with Gasteiger partial charge in [0.1, 0.15) is 11.0 Å². The maximum atomic E-state index is 10.9. The number of hydrogen-bond donors (Lipinski definition) is 1. The van der Waals surface area contributed by atoms with E-state index in [1.165, 1.54) is 12.5 Å². The lowest BCUT2D eigenvalue weighted by Gasteiger charge is -2.18. The highest BCUT2D eigenvalue weighted by molar-refractivity contribution is 6.29. The minimum Gasteiger partial charge on any atom is -0.478 e. The number of halogens is 1. The zero-order valence-electron chi connectivity index (χ0n) is 9.85. The molecule has 1 N–H and O–H groups in total. The van der Waals surface area contributed by atoms with Crippen LogP contribution < -0.4 is 4.90 Å². The average Bonchev–Trinajstić information content (AvgIpc) is 2.93. The molecule has 1 aliphatic rings. The summed E-state index contributed by atoms with van der Waals surface area (Å²) in [6.07, 6.45) is 1.23. The molecule has 0 bridgehead atoms. The second kappa shape index (κ2) is 4.53. The van der Waals surface area contributed by atoms with Crippen molar-refractivity contribution in [1.82, 2.24) is 4.98 Å². The summed E-state index contributed by atoms with van der Waals surface area (Å²) in [6, 6.07) is 2.92. The number of anilines is 1. The van der Waals surface area contributed by atoms with Crippen LogP contribution in [0.2, 0.25) is 5.15 Å². The van der Waals surface area contributed by atoms with Crippen LogP contribution in [0.25, 0.3) is 0 Å². The predicted molar refractivity (Wildman–Crippen MR) is 66.7 cm³/mol. The molecule has 0 aromatic carbocycles. The van der Waals surface area contributed by atoms with Gasteiger partial charge in [-0.05, 0) is 30.4 Å². The summed E-state index contributed by atoms with van der Waals surface area (Å²) >= 11 is 5.82. The van der Waals surface area contributed by atoms with E-state index in [2.05, 4.69) is 11.9 Å². The van der Waals surface area contributed by atoms with Crippen LogP contribution in [0.5, 0.6) is 0 Å². The fraction of sp³-hybridized carbons (Fsp3) is 0.500. The van der Waals surface area contributed by atoms with Crippen molar-refractivity contribution in [3.05, 3.63) is 22.8 Å². The first-order valence-corrected chi connectivity index (χ1v) is 5.97. The van der Waals surface area contributed by atoms with Gasteiger partial charge in [0, 0.05) is 13.6 Å². The molecule has 0 amide bonds. The van der Waals surface area contributed by atoms with Crippen LogP contribution in [0, 0.1) is 11.8 Å².